The number of hydrogen-bond acceptors (Lipinski definition) is 2. The van der Waals surface area contributed by atoms with Crippen molar-refractivity contribution >= 4 is 5.69 Å². The molecule has 0 aliphatic heterocycles. The summed E-state index contributed by atoms with van der Waals surface area (Å²) in [6.07, 6.45) is 2.73. The van der Waals surface area contributed by atoms with Gasteiger partial charge in [0.2, 0.25) is 0 Å². The van der Waals surface area contributed by atoms with Crippen molar-refractivity contribution in [3.63, 3.8) is 0 Å². The van der Waals surface area contributed by atoms with Crippen LogP contribution in [0.2, 0.25) is 0 Å². The van der Waals surface area contributed by atoms with Crippen LogP contribution < -0.4 is 4.90 Å². The molecule has 0 aromatic heterocycles. The number of anilines is 1. The summed E-state index contributed by atoms with van der Waals surface area (Å²) in [6, 6.07) is 8.67. The lowest BCUT2D eigenvalue weighted by atomic mass is 10.1. The van der Waals surface area contributed by atoms with E-state index >= 15 is 0 Å². The lowest BCUT2D eigenvalue weighted by molar-refractivity contribution is 0.282. The first-order valence-electron chi connectivity index (χ1n) is 6.17. The second-order valence-corrected chi connectivity index (χ2v) is 4.98. The van der Waals surface area contributed by atoms with E-state index < -0.39 is 0 Å². The van der Waals surface area contributed by atoms with Crippen molar-refractivity contribution in [1.82, 2.24) is 0 Å². The minimum Gasteiger partial charge on any atom is -0.392 e. The van der Waals surface area contributed by atoms with Crippen LogP contribution in [-0.4, -0.2) is 17.7 Å². The fourth-order valence-corrected chi connectivity index (χ4v) is 2.09. The number of benzene rings is 1. The standard InChI is InChI=1S/C14H21NO/c1-11(2)15(9-12-7-8-12)14-6-4-3-5-13(14)10-16/h3-6,11-12,16H,7-10H2,1-2H3. The van der Waals surface area contributed by atoms with Gasteiger partial charge in [0.1, 0.15) is 0 Å². The molecule has 1 aliphatic rings. The molecule has 0 bridgehead atoms. The number of aliphatic hydroxyl groups excluding tert-OH is 1. The van der Waals surface area contributed by atoms with Crippen LogP contribution in [-0.2, 0) is 6.61 Å². The second kappa shape index (κ2) is 4.88. The predicted octanol–water partition coefficient (Wildman–Crippen LogP) is 2.80. The Morgan fingerprint density at radius 3 is 2.56 bits per heavy atom. The molecule has 1 fully saturated rings. The highest BCUT2D eigenvalue weighted by Gasteiger charge is 2.26. The van der Waals surface area contributed by atoms with Crippen molar-refractivity contribution in [2.75, 3.05) is 11.4 Å². The summed E-state index contributed by atoms with van der Waals surface area (Å²) >= 11 is 0. The molecule has 16 heavy (non-hydrogen) atoms. The van der Waals surface area contributed by atoms with Crippen LogP contribution >= 0.6 is 0 Å². The molecule has 0 atom stereocenters. The van der Waals surface area contributed by atoms with Gasteiger partial charge in [-0.1, -0.05) is 18.2 Å². The zero-order chi connectivity index (χ0) is 11.5. The van der Waals surface area contributed by atoms with E-state index in [1.54, 1.807) is 0 Å². The van der Waals surface area contributed by atoms with Crippen LogP contribution in [0.5, 0.6) is 0 Å². The normalized spacial score (nSPS) is 15.5. The van der Waals surface area contributed by atoms with Gasteiger partial charge in [-0.25, -0.2) is 0 Å². The quantitative estimate of drug-likeness (QED) is 0.823. The highest BCUT2D eigenvalue weighted by molar-refractivity contribution is 5.54. The van der Waals surface area contributed by atoms with Crippen molar-refractivity contribution < 1.29 is 5.11 Å². The highest BCUT2D eigenvalue weighted by Crippen LogP contribution is 2.33. The molecule has 0 heterocycles. The average Bonchev–Trinajstić information content (AvgIpc) is 3.09. The molecule has 0 radical (unpaired) electrons. The lowest BCUT2D eigenvalue weighted by Crippen LogP contribution is -2.33. The Balaban J connectivity index is 2.22. The molecule has 0 saturated heterocycles. The highest BCUT2D eigenvalue weighted by atomic mass is 16.3. The molecule has 0 spiro atoms. The Morgan fingerprint density at radius 2 is 2.00 bits per heavy atom. The summed E-state index contributed by atoms with van der Waals surface area (Å²) < 4.78 is 0. The van der Waals surface area contributed by atoms with Crippen molar-refractivity contribution in [3.05, 3.63) is 29.8 Å². The Morgan fingerprint density at radius 1 is 1.31 bits per heavy atom. The number of rotatable bonds is 5. The number of hydrogen-bond donors (Lipinski definition) is 1. The zero-order valence-corrected chi connectivity index (χ0v) is 10.2. The largest absolute Gasteiger partial charge is 0.392 e. The Bertz CT molecular complexity index is 344. The molecule has 88 valence electrons. The summed E-state index contributed by atoms with van der Waals surface area (Å²) in [5.41, 5.74) is 2.24. The molecule has 0 unspecified atom stereocenters. The minimum atomic E-state index is 0.129. The first-order chi connectivity index (χ1) is 7.72. The maximum absolute atomic E-state index is 9.37. The molecule has 2 heteroatoms. The van der Waals surface area contributed by atoms with E-state index in [-0.39, 0.29) is 6.61 Å². The minimum absolute atomic E-state index is 0.129. The summed E-state index contributed by atoms with van der Waals surface area (Å²) in [7, 11) is 0. The van der Waals surface area contributed by atoms with E-state index in [4.69, 9.17) is 0 Å². The summed E-state index contributed by atoms with van der Waals surface area (Å²) in [5.74, 6) is 0.870. The summed E-state index contributed by atoms with van der Waals surface area (Å²) in [4.78, 5) is 2.42. The van der Waals surface area contributed by atoms with Crippen LogP contribution in [0.3, 0.4) is 0 Å². The molecule has 1 aliphatic carbocycles. The van der Waals surface area contributed by atoms with Gasteiger partial charge in [0.25, 0.3) is 0 Å². The van der Waals surface area contributed by atoms with E-state index in [0.717, 1.165) is 18.0 Å². The van der Waals surface area contributed by atoms with E-state index in [9.17, 15) is 5.11 Å². The zero-order valence-electron chi connectivity index (χ0n) is 10.2. The van der Waals surface area contributed by atoms with Crippen molar-refractivity contribution in [1.29, 1.82) is 0 Å². The number of nitrogens with zero attached hydrogens (tertiary/aromatic N) is 1. The molecule has 1 saturated carbocycles. The Hall–Kier alpha value is -1.02. The molecule has 2 nitrogen and oxygen atoms in total. The molecule has 0 amide bonds. The Labute approximate surface area is 97.9 Å². The summed E-state index contributed by atoms with van der Waals surface area (Å²) in [5, 5.41) is 9.37. The van der Waals surface area contributed by atoms with Crippen LogP contribution in [0.4, 0.5) is 5.69 Å². The topological polar surface area (TPSA) is 23.5 Å². The molecular weight excluding hydrogens is 198 g/mol. The Kier molecular flexibility index (Phi) is 3.49. The maximum Gasteiger partial charge on any atom is 0.0702 e. The lowest BCUT2D eigenvalue weighted by Gasteiger charge is -2.30. The van der Waals surface area contributed by atoms with E-state index in [1.807, 2.05) is 12.1 Å². The van der Waals surface area contributed by atoms with Crippen LogP contribution in [0.1, 0.15) is 32.3 Å². The van der Waals surface area contributed by atoms with Gasteiger partial charge in [0.05, 0.1) is 6.61 Å². The second-order valence-electron chi connectivity index (χ2n) is 4.98. The van der Waals surface area contributed by atoms with Gasteiger partial charge in [-0.15, -0.1) is 0 Å². The monoisotopic (exact) mass is 219 g/mol. The van der Waals surface area contributed by atoms with Gasteiger partial charge in [-0.3, -0.25) is 0 Å². The molecule has 1 N–H and O–H groups in total. The van der Waals surface area contributed by atoms with Crippen molar-refractivity contribution in [2.45, 2.75) is 39.3 Å². The van der Waals surface area contributed by atoms with Gasteiger partial charge >= 0.3 is 0 Å². The van der Waals surface area contributed by atoms with E-state index in [1.165, 1.54) is 18.5 Å². The fourth-order valence-electron chi connectivity index (χ4n) is 2.09. The van der Waals surface area contributed by atoms with Gasteiger partial charge < -0.3 is 10.0 Å². The average molecular weight is 219 g/mol. The van der Waals surface area contributed by atoms with E-state index in [2.05, 4.69) is 30.9 Å². The first-order valence-corrected chi connectivity index (χ1v) is 6.17. The number of para-hydroxylation sites is 1. The maximum atomic E-state index is 9.37. The summed E-state index contributed by atoms with van der Waals surface area (Å²) in [6.45, 7) is 5.70. The predicted molar refractivity (Wildman–Crippen MR) is 67.6 cm³/mol. The first kappa shape index (κ1) is 11.5. The van der Waals surface area contributed by atoms with Crippen LogP contribution in [0.25, 0.3) is 0 Å². The molecule has 2 rings (SSSR count). The van der Waals surface area contributed by atoms with Crippen molar-refractivity contribution in [2.24, 2.45) is 5.92 Å². The molecule has 1 aromatic rings. The van der Waals surface area contributed by atoms with Gasteiger partial charge in [-0.2, -0.15) is 0 Å². The van der Waals surface area contributed by atoms with Gasteiger partial charge in [0, 0.05) is 23.8 Å². The smallest absolute Gasteiger partial charge is 0.0702 e. The third kappa shape index (κ3) is 2.56. The van der Waals surface area contributed by atoms with Gasteiger partial charge in [0.15, 0.2) is 0 Å². The SMILES string of the molecule is CC(C)N(CC1CC1)c1ccccc1CO. The number of aliphatic hydroxyl groups is 1. The fraction of sp³-hybridized carbons (Fsp3) is 0.571. The van der Waals surface area contributed by atoms with Crippen LogP contribution in [0, 0.1) is 5.92 Å². The van der Waals surface area contributed by atoms with Gasteiger partial charge in [-0.05, 0) is 38.7 Å². The van der Waals surface area contributed by atoms with E-state index in [0.29, 0.717) is 6.04 Å². The van der Waals surface area contributed by atoms with Crippen LogP contribution in [0.15, 0.2) is 24.3 Å². The third-order valence-corrected chi connectivity index (χ3v) is 3.25. The molecule has 1 aromatic carbocycles. The van der Waals surface area contributed by atoms with Crippen molar-refractivity contribution in [3.8, 4) is 0 Å². The third-order valence-electron chi connectivity index (χ3n) is 3.25. The molecular formula is C14H21NO.